The Morgan fingerprint density at radius 1 is 1.06 bits per heavy atom. The summed E-state index contributed by atoms with van der Waals surface area (Å²) >= 11 is 0. The first-order valence-corrected chi connectivity index (χ1v) is 11.4. The van der Waals surface area contributed by atoms with Crippen LogP contribution in [-0.4, -0.2) is 47.0 Å². The first-order chi connectivity index (χ1) is 15.9. The molecule has 34 heavy (non-hydrogen) atoms. The zero-order chi connectivity index (χ0) is 26.1. The second-order valence-electron chi connectivity index (χ2n) is 8.38. The van der Waals surface area contributed by atoms with E-state index in [1.54, 1.807) is 45.9 Å². The van der Waals surface area contributed by atoms with Gasteiger partial charge in [-0.05, 0) is 52.7 Å². The van der Waals surface area contributed by atoms with E-state index in [4.69, 9.17) is 19.9 Å². The molecule has 0 unspecified atom stereocenters. The summed E-state index contributed by atoms with van der Waals surface area (Å²) < 4.78 is 17.8. The molecule has 1 heterocycles. The highest BCUT2D eigenvalue weighted by Crippen LogP contribution is 2.34. The van der Waals surface area contributed by atoms with Crippen molar-refractivity contribution in [2.45, 2.75) is 73.5 Å². The Morgan fingerprint density at radius 3 is 2.26 bits per heavy atom. The van der Waals surface area contributed by atoms with Crippen LogP contribution in [0.5, 0.6) is 5.75 Å². The lowest BCUT2D eigenvalue weighted by Crippen LogP contribution is -2.27. The molecule has 0 aliphatic heterocycles. The average molecular weight is 477 g/mol. The van der Waals surface area contributed by atoms with Crippen molar-refractivity contribution in [1.82, 2.24) is 4.57 Å². The minimum absolute atomic E-state index is 0.146. The predicted molar refractivity (Wildman–Crippen MR) is 129 cm³/mol. The second kappa shape index (κ2) is 12.8. The Balaban J connectivity index is 0.00000281. The Labute approximate surface area is 200 Å². The summed E-state index contributed by atoms with van der Waals surface area (Å²) in [5.41, 5.74) is 6.00. The molecule has 188 valence electrons. The lowest BCUT2D eigenvalue weighted by molar-refractivity contribution is -0.157. The van der Waals surface area contributed by atoms with Gasteiger partial charge in [-0.1, -0.05) is 19.9 Å². The molecule has 0 aliphatic rings. The van der Waals surface area contributed by atoms with Gasteiger partial charge in [0.25, 0.3) is 11.7 Å². The Morgan fingerprint density at radius 2 is 1.71 bits per heavy atom. The van der Waals surface area contributed by atoms with Gasteiger partial charge in [-0.25, -0.2) is 4.79 Å². The molecule has 0 saturated carbocycles. The number of nitrogens with two attached hydrogens (primary N) is 1. The van der Waals surface area contributed by atoms with Gasteiger partial charge >= 0.3 is 11.9 Å². The van der Waals surface area contributed by atoms with Crippen LogP contribution in [0.3, 0.4) is 0 Å². The van der Waals surface area contributed by atoms with Crippen molar-refractivity contribution in [3.8, 4) is 5.75 Å². The number of esters is 2. The second-order valence-corrected chi connectivity index (χ2v) is 8.38. The molecule has 0 aliphatic carbocycles. The first kappa shape index (κ1) is 28.7. The van der Waals surface area contributed by atoms with E-state index in [0.29, 0.717) is 42.6 Å². The van der Waals surface area contributed by atoms with Crippen LogP contribution >= 0.6 is 0 Å². The smallest absolute Gasteiger partial charge is 0.344 e. The number of ketones is 1. The van der Waals surface area contributed by atoms with Crippen molar-refractivity contribution < 1.29 is 33.4 Å². The normalized spacial score (nSPS) is 10.8. The molecule has 2 N–H and O–H groups in total. The number of hydrogen-bond donors (Lipinski definition) is 1. The van der Waals surface area contributed by atoms with Gasteiger partial charge in [-0.2, -0.15) is 0 Å². The number of carbonyl (C=O) groups is 4. The molecule has 1 aromatic carbocycles. The number of benzene rings is 1. The number of Topliss-reactive ketones (excluding diaryl/α,β-unsaturated/α-hetero) is 1. The number of ether oxygens (including phenoxy) is 3. The molecule has 0 radical (unpaired) electrons. The SMILES string of the molecule is CC.CC(=O)OCCCCn1c(C)c(C(=O)C(N)=O)c2c(OCC(=O)OC(C)(C)C)cccc21. The Hall–Kier alpha value is -3.36. The zero-order valence-corrected chi connectivity index (χ0v) is 21.1. The van der Waals surface area contributed by atoms with Crippen LogP contribution in [0.1, 0.15) is 70.4 Å². The van der Waals surface area contributed by atoms with Gasteiger partial charge in [0.05, 0.1) is 23.1 Å². The number of carbonyl (C=O) groups excluding carboxylic acids is 4. The number of unbranched alkanes of at least 4 members (excludes halogenated alkanes) is 1. The topological polar surface area (TPSA) is 127 Å². The summed E-state index contributed by atoms with van der Waals surface area (Å²) in [6.45, 7) is 12.8. The summed E-state index contributed by atoms with van der Waals surface area (Å²) in [4.78, 5) is 47.3. The quantitative estimate of drug-likeness (QED) is 0.240. The molecule has 2 aromatic rings. The first-order valence-electron chi connectivity index (χ1n) is 11.4. The van der Waals surface area contributed by atoms with E-state index in [-0.39, 0.29) is 23.9 Å². The van der Waals surface area contributed by atoms with Crippen LogP contribution in [-0.2, 0) is 30.4 Å². The van der Waals surface area contributed by atoms with E-state index in [1.807, 2.05) is 18.4 Å². The van der Waals surface area contributed by atoms with Gasteiger partial charge in [0.2, 0.25) is 0 Å². The van der Waals surface area contributed by atoms with Crippen molar-refractivity contribution >= 4 is 34.5 Å². The fraction of sp³-hybridized carbons (Fsp3) is 0.520. The molecule has 9 heteroatoms. The molecular formula is C25H36N2O7. The van der Waals surface area contributed by atoms with E-state index in [0.717, 1.165) is 0 Å². The van der Waals surface area contributed by atoms with E-state index in [9.17, 15) is 19.2 Å². The van der Waals surface area contributed by atoms with Crippen molar-refractivity contribution in [3.63, 3.8) is 0 Å². The standard InChI is InChI=1S/C23H30N2O7.C2H6/c1-14-19(21(28)22(24)29)20-16(25(14)11-6-7-12-30-15(2)26)9-8-10-17(20)31-13-18(27)32-23(3,4)5;1-2/h8-10H,6-7,11-13H2,1-5H3,(H2,24,29);1-2H3. The summed E-state index contributed by atoms with van der Waals surface area (Å²) in [6, 6.07) is 5.15. The number of fused-ring (bicyclic) bond motifs is 1. The maximum atomic E-state index is 12.6. The van der Waals surface area contributed by atoms with Gasteiger partial charge in [-0.3, -0.25) is 14.4 Å². The lowest BCUT2D eigenvalue weighted by Gasteiger charge is -2.19. The largest absolute Gasteiger partial charge is 0.481 e. The molecule has 0 spiro atoms. The molecule has 0 saturated heterocycles. The third kappa shape index (κ3) is 7.90. The number of aromatic nitrogens is 1. The van der Waals surface area contributed by atoms with Gasteiger partial charge in [0.1, 0.15) is 11.4 Å². The van der Waals surface area contributed by atoms with Crippen molar-refractivity contribution in [2.24, 2.45) is 5.73 Å². The third-order valence-corrected chi connectivity index (χ3v) is 4.61. The fourth-order valence-electron chi connectivity index (χ4n) is 3.40. The molecular weight excluding hydrogens is 440 g/mol. The minimum atomic E-state index is -1.08. The summed E-state index contributed by atoms with van der Waals surface area (Å²) in [7, 11) is 0. The molecule has 0 bridgehead atoms. The molecule has 0 atom stereocenters. The number of aryl methyl sites for hydroxylation is 1. The fourth-order valence-corrected chi connectivity index (χ4v) is 3.40. The summed E-state index contributed by atoms with van der Waals surface area (Å²) in [5, 5.41) is 0.414. The molecule has 1 amide bonds. The third-order valence-electron chi connectivity index (χ3n) is 4.61. The highest BCUT2D eigenvalue weighted by Gasteiger charge is 2.26. The van der Waals surface area contributed by atoms with E-state index < -0.39 is 23.3 Å². The van der Waals surface area contributed by atoms with Crippen LogP contribution in [0.4, 0.5) is 0 Å². The van der Waals surface area contributed by atoms with E-state index >= 15 is 0 Å². The highest BCUT2D eigenvalue weighted by atomic mass is 16.6. The van der Waals surface area contributed by atoms with E-state index in [2.05, 4.69) is 0 Å². The van der Waals surface area contributed by atoms with Gasteiger partial charge < -0.3 is 24.5 Å². The van der Waals surface area contributed by atoms with Crippen molar-refractivity contribution in [2.75, 3.05) is 13.2 Å². The summed E-state index contributed by atoms with van der Waals surface area (Å²) in [5.74, 6) is -2.53. The maximum Gasteiger partial charge on any atom is 0.344 e. The maximum absolute atomic E-state index is 12.6. The van der Waals surface area contributed by atoms with Crippen LogP contribution in [0, 0.1) is 6.92 Å². The Kier molecular flexibility index (Phi) is 10.8. The number of primary amides is 1. The molecule has 0 fully saturated rings. The van der Waals surface area contributed by atoms with Crippen molar-refractivity contribution in [1.29, 1.82) is 0 Å². The lowest BCUT2D eigenvalue weighted by atomic mass is 10.1. The monoisotopic (exact) mass is 476 g/mol. The highest BCUT2D eigenvalue weighted by molar-refractivity contribution is 6.45. The van der Waals surface area contributed by atoms with E-state index in [1.165, 1.54) is 6.92 Å². The molecule has 2 rings (SSSR count). The average Bonchev–Trinajstić information content (AvgIpc) is 3.03. The van der Waals surface area contributed by atoms with Crippen LogP contribution < -0.4 is 10.5 Å². The molecule has 9 nitrogen and oxygen atoms in total. The van der Waals surface area contributed by atoms with Gasteiger partial charge in [0.15, 0.2) is 6.61 Å². The molecule has 1 aromatic heterocycles. The Bertz CT molecular complexity index is 1030. The number of hydrogen-bond acceptors (Lipinski definition) is 7. The van der Waals surface area contributed by atoms with Crippen LogP contribution in [0.2, 0.25) is 0 Å². The van der Waals surface area contributed by atoms with Crippen LogP contribution in [0.15, 0.2) is 18.2 Å². The van der Waals surface area contributed by atoms with Gasteiger partial charge in [-0.15, -0.1) is 0 Å². The zero-order valence-electron chi connectivity index (χ0n) is 21.1. The summed E-state index contributed by atoms with van der Waals surface area (Å²) in [6.07, 6.45) is 1.30. The van der Waals surface area contributed by atoms with Crippen LogP contribution in [0.25, 0.3) is 10.9 Å². The number of nitrogens with zero attached hydrogens (tertiary/aromatic N) is 1. The predicted octanol–water partition coefficient (Wildman–Crippen LogP) is 3.71. The van der Waals surface area contributed by atoms with Gasteiger partial charge in [0, 0.05) is 19.2 Å². The number of amides is 1. The number of rotatable bonds is 10. The van der Waals surface area contributed by atoms with Crippen molar-refractivity contribution in [3.05, 3.63) is 29.5 Å². The minimum Gasteiger partial charge on any atom is -0.481 e.